The van der Waals surface area contributed by atoms with E-state index in [2.05, 4.69) is 0 Å². The molecule has 1 unspecified atom stereocenters. The van der Waals surface area contributed by atoms with Crippen LogP contribution in [0.25, 0.3) is 0 Å². The first-order valence-electron chi connectivity index (χ1n) is 6.84. The Balaban J connectivity index is 2.29. The number of nitrogens with zero attached hydrogens (tertiary/aromatic N) is 1. The molecule has 1 aromatic carbocycles. The number of halogens is 1. The fourth-order valence-corrected chi connectivity index (χ4v) is 2.90. The molecule has 0 aliphatic carbocycles. The largest absolute Gasteiger partial charge is 0.394 e. The van der Waals surface area contributed by atoms with Crippen LogP contribution >= 0.6 is 11.6 Å². The Morgan fingerprint density at radius 3 is 2.68 bits per heavy atom. The van der Waals surface area contributed by atoms with Gasteiger partial charge in [0.1, 0.15) is 0 Å². The molecule has 104 valence electrons. The van der Waals surface area contributed by atoms with Crippen LogP contribution in [0.4, 0.5) is 0 Å². The maximum atomic E-state index is 12.2. The molecule has 3 nitrogen and oxygen atoms in total. The van der Waals surface area contributed by atoms with Gasteiger partial charge in [-0.15, -0.1) is 0 Å². The van der Waals surface area contributed by atoms with Crippen molar-refractivity contribution in [1.29, 1.82) is 0 Å². The fraction of sp³-hybridized carbons (Fsp3) is 0.533. The summed E-state index contributed by atoms with van der Waals surface area (Å²) in [5.41, 5.74) is 1.10. The second-order valence-electron chi connectivity index (χ2n) is 5.01. The van der Waals surface area contributed by atoms with Crippen LogP contribution in [0.15, 0.2) is 24.3 Å². The molecular weight excluding hydrogens is 262 g/mol. The second-order valence-corrected chi connectivity index (χ2v) is 5.44. The third-order valence-corrected chi connectivity index (χ3v) is 4.07. The fourth-order valence-electron chi connectivity index (χ4n) is 2.77. The molecule has 1 saturated heterocycles. The van der Waals surface area contributed by atoms with E-state index >= 15 is 0 Å². The summed E-state index contributed by atoms with van der Waals surface area (Å²) < 4.78 is 0. The van der Waals surface area contributed by atoms with E-state index in [0.29, 0.717) is 11.4 Å². The first kappa shape index (κ1) is 14.4. The highest BCUT2D eigenvalue weighted by molar-refractivity contribution is 6.30. The number of hydrogen-bond acceptors (Lipinski definition) is 2. The van der Waals surface area contributed by atoms with Crippen molar-refractivity contribution < 1.29 is 9.90 Å². The van der Waals surface area contributed by atoms with Gasteiger partial charge in [-0.25, -0.2) is 0 Å². The number of hydrogen-bond donors (Lipinski definition) is 1. The number of amides is 1. The van der Waals surface area contributed by atoms with Gasteiger partial charge in [-0.05, 0) is 37.0 Å². The molecule has 1 aliphatic rings. The SMILES string of the molecule is CC[C@@H](CO)N1C(=O)CCCC1c1ccc(Cl)cc1. The molecule has 1 N–H and O–H groups in total. The van der Waals surface area contributed by atoms with Crippen molar-refractivity contribution in [2.75, 3.05) is 6.61 Å². The van der Waals surface area contributed by atoms with Crippen LogP contribution < -0.4 is 0 Å². The lowest BCUT2D eigenvalue weighted by Crippen LogP contribution is -2.46. The standard InChI is InChI=1S/C15H20ClNO2/c1-2-13(10-18)17-14(4-3-5-15(17)19)11-6-8-12(16)9-7-11/h6-9,13-14,18H,2-5,10H2,1H3/t13-,14?/m0/s1. The van der Waals surface area contributed by atoms with Gasteiger partial charge in [0.2, 0.25) is 5.91 Å². The summed E-state index contributed by atoms with van der Waals surface area (Å²) in [5.74, 6) is 0.145. The molecule has 0 spiro atoms. The lowest BCUT2D eigenvalue weighted by Gasteiger charge is -2.40. The van der Waals surface area contributed by atoms with E-state index < -0.39 is 0 Å². The van der Waals surface area contributed by atoms with E-state index in [1.54, 1.807) is 0 Å². The van der Waals surface area contributed by atoms with E-state index in [1.165, 1.54) is 0 Å². The topological polar surface area (TPSA) is 40.5 Å². The molecule has 1 aliphatic heterocycles. The molecule has 2 atom stereocenters. The average Bonchev–Trinajstić information content (AvgIpc) is 2.43. The first-order chi connectivity index (χ1) is 9.17. The zero-order valence-corrected chi connectivity index (χ0v) is 11.9. The molecule has 1 amide bonds. The average molecular weight is 282 g/mol. The van der Waals surface area contributed by atoms with E-state index in [9.17, 15) is 9.90 Å². The predicted molar refractivity (Wildman–Crippen MR) is 76.1 cm³/mol. The summed E-state index contributed by atoms with van der Waals surface area (Å²) >= 11 is 5.91. The van der Waals surface area contributed by atoms with Crippen LogP contribution in [0.1, 0.15) is 44.2 Å². The van der Waals surface area contributed by atoms with Crippen molar-refractivity contribution in [3.05, 3.63) is 34.9 Å². The van der Waals surface area contributed by atoms with E-state index in [1.807, 2.05) is 36.1 Å². The molecule has 19 heavy (non-hydrogen) atoms. The van der Waals surface area contributed by atoms with E-state index in [0.717, 1.165) is 24.8 Å². The molecule has 1 heterocycles. The van der Waals surface area contributed by atoms with E-state index in [-0.39, 0.29) is 24.6 Å². The Morgan fingerprint density at radius 1 is 1.42 bits per heavy atom. The molecule has 0 saturated carbocycles. The van der Waals surface area contributed by atoms with Crippen LogP contribution in [0.2, 0.25) is 5.02 Å². The van der Waals surface area contributed by atoms with Crippen molar-refractivity contribution in [2.24, 2.45) is 0 Å². The highest BCUT2D eigenvalue weighted by atomic mass is 35.5. The Labute approximate surface area is 119 Å². The number of benzene rings is 1. The summed E-state index contributed by atoms with van der Waals surface area (Å²) in [6.45, 7) is 2.02. The number of aliphatic hydroxyl groups excluding tert-OH is 1. The van der Waals surface area contributed by atoms with Gasteiger partial charge in [-0.3, -0.25) is 4.79 Å². The Morgan fingerprint density at radius 2 is 2.11 bits per heavy atom. The Hall–Kier alpha value is -1.06. The Kier molecular flexibility index (Phi) is 4.83. The van der Waals surface area contributed by atoms with Crippen molar-refractivity contribution in [1.82, 2.24) is 4.90 Å². The van der Waals surface area contributed by atoms with Gasteiger partial charge in [-0.2, -0.15) is 0 Å². The maximum Gasteiger partial charge on any atom is 0.223 e. The van der Waals surface area contributed by atoms with Crippen LogP contribution in [0, 0.1) is 0 Å². The zero-order chi connectivity index (χ0) is 13.8. The quantitative estimate of drug-likeness (QED) is 0.921. The minimum Gasteiger partial charge on any atom is -0.394 e. The smallest absolute Gasteiger partial charge is 0.223 e. The van der Waals surface area contributed by atoms with Gasteiger partial charge >= 0.3 is 0 Å². The number of rotatable bonds is 4. The molecule has 2 rings (SSSR count). The Bertz CT molecular complexity index is 428. The molecular formula is C15H20ClNO2. The van der Waals surface area contributed by atoms with Crippen molar-refractivity contribution in [3.63, 3.8) is 0 Å². The minimum atomic E-state index is -0.0894. The number of likely N-dealkylation sites (tertiary alicyclic amines) is 1. The maximum absolute atomic E-state index is 12.2. The highest BCUT2D eigenvalue weighted by Crippen LogP contribution is 2.34. The van der Waals surface area contributed by atoms with Crippen LogP contribution in [-0.4, -0.2) is 28.6 Å². The van der Waals surface area contributed by atoms with Gasteiger partial charge < -0.3 is 10.0 Å². The lowest BCUT2D eigenvalue weighted by molar-refractivity contribution is -0.141. The monoisotopic (exact) mass is 281 g/mol. The second kappa shape index (κ2) is 6.40. The van der Waals surface area contributed by atoms with Crippen molar-refractivity contribution in [3.8, 4) is 0 Å². The third kappa shape index (κ3) is 3.10. The molecule has 1 aromatic rings. The zero-order valence-electron chi connectivity index (χ0n) is 11.2. The summed E-state index contributed by atoms with van der Waals surface area (Å²) in [6.07, 6.45) is 3.21. The number of carbonyl (C=O) groups is 1. The van der Waals surface area contributed by atoms with Crippen molar-refractivity contribution >= 4 is 17.5 Å². The normalized spacial score (nSPS) is 21.5. The van der Waals surface area contributed by atoms with Crippen LogP contribution in [0.5, 0.6) is 0 Å². The molecule has 0 aromatic heterocycles. The number of carbonyl (C=O) groups excluding carboxylic acids is 1. The highest BCUT2D eigenvalue weighted by Gasteiger charge is 2.33. The summed E-state index contributed by atoms with van der Waals surface area (Å²) in [5, 5.41) is 10.2. The lowest BCUT2D eigenvalue weighted by atomic mass is 9.92. The van der Waals surface area contributed by atoms with Crippen LogP contribution in [-0.2, 0) is 4.79 Å². The summed E-state index contributed by atoms with van der Waals surface area (Å²) in [4.78, 5) is 14.1. The predicted octanol–water partition coefficient (Wildman–Crippen LogP) is 3.16. The third-order valence-electron chi connectivity index (χ3n) is 3.82. The van der Waals surface area contributed by atoms with Gasteiger partial charge in [-0.1, -0.05) is 30.7 Å². The first-order valence-corrected chi connectivity index (χ1v) is 7.22. The van der Waals surface area contributed by atoms with Gasteiger partial charge in [0.15, 0.2) is 0 Å². The van der Waals surface area contributed by atoms with Crippen LogP contribution in [0.3, 0.4) is 0 Å². The van der Waals surface area contributed by atoms with Crippen molar-refractivity contribution in [2.45, 2.75) is 44.7 Å². The molecule has 0 radical (unpaired) electrons. The summed E-state index contributed by atoms with van der Waals surface area (Å²) in [6, 6.07) is 7.64. The van der Waals surface area contributed by atoms with Gasteiger partial charge in [0, 0.05) is 11.4 Å². The van der Waals surface area contributed by atoms with Gasteiger partial charge in [0.05, 0.1) is 18.7 Å². The molecule has 1 fully saturated rings. The van der Waals surface area contributed by atoms with Gasteiger partial charge in [0.25, 0.3) is 0 Å². The molecule has 0 bridgehead atoms. The van der Waals surface area contributed by atoms with E-state index in [4.69, 9.17) is 11.6 Å². The number of piperidine rings is 1. The summed E-state index contributed by atoms with van der Waals surface area (Å²) in [7, 11) is 0. The number of aliphatic hydroxyl groups is 1. The molecule has 4 heteroatoms. The minimum absolute atomic E-state index is 0.0202.